The average molecular weight is 425 g/mol. The predicted molar refractivity (Wildman–Crippen MR) is 136 cm³/mol. The van der Waals surface area contributed by atoms with Gasteiger partial charge in [-0.25, -0.2) is 4.98 Å². The zero-order chi connectivity index (χ0) is 23.4. The van der Waals surface area contributed by atoms with E-state index in [1.54, 1.807) is 7.11 Å². The first-order valence-corrected chi connectivity index (χ1v) is 11.9. The first kappa shape index (κ1) is 27.0. The maximum absolute atomic E-state index is 5.05. The average Bonchev–Trinajstić information content (AvgIpc) is 2.78. The SMILES string of the molecule is C/C=C(/C)c1nc(-c2ccc(C(C)C)nc2CC)ccc1C.CCC[C@H](CC)COC. The molecule has 0 unspecified atom stereocenters. The quantitative estimate of drug-likeness (QED) is 0.409. The van der Waals surface area contributed by atoms with Gasteiger partial charge in [-0.2, -0.15) is 0 Å². The van der Waals surface area contributed by atoms with Gasteiger partial charge in [0.1, 0.15) is 0 Å². The van der Waals surface area contributed by atoms with E-state index in [2.05, 4.69) is 85.7 Å². The highest BCUT2D eigenvalue weighted by atomic mass is 16.5. The lowest BCUT2D eigenvalue weighted by atomic mass is 10.0. The van der Waals surface area contributed by atoms with Crippen molar-refractivity contribution in [2.45, 2.75) is 87.0 Å². The summed E-state index contributed by atoms with van der Waals surface area (Å²) in [7, 11) is 1.78. The molecule has 2 heterocycles. The van der Waals surface area contributed by atoms with Gasteiger partial charge in [-0.1, -0.05) is 59.6 Å². The van der Waals surface area contributed by atoms with Gasteiger partial charge >= 0.3 is 0 Å². The summed E-state index contributed by atoms with van der Waals surface area (Å²) in [4.78, 5) is 9.72. The van der Waals surface area contributed by atoms with Crippen LogP contribution in [0.4, 0.5) is 0 Å². The molecule has 172 valence electrons. The smallest absolute Gasteiger partial charge is 0.0727 e. The molecule has 31 heavy (non-hydrogen) atoms. The van der Waals surface area contributed by atoms with Gasteiger partial charge in [0.15, 0.2) is 0 Å². The number of rotatable bonds is 9. The van der Waals surface area contributed by atoms with Crippen LogP contribution in [0.3, 0.4) is 0 Å². The summed E-state index contributed by atoms with van der Waals surface area (Å²) in [5.74, 6) is 1.24. The van der Waals surface area contributed by atoms with Crippen LogP contribution in [0.15, 0.2) is 30.3 Å². The van der Waals surface area contributed by atoms with E-state index in [0.717, 1.165) is 47.3 Å². The molecular weight excluding hydrogens is 380 g/mol. The van der Waals surface area contributed by atoms with Gasteiger partial charge in [-0.15, -0.1) is 0 Å². The van der Waals surface area contributed by atoms with Crippen LogP contribution < -0.4 is 0 Å². The Morgan fingerprint density at radius 1 is 1.06 bits per heavy atom. The molecule has 0 radical (unpaired) electrons. The fourth-order valence-electron chi connectivity index (χ4n) is 3.61. The van der Waals surface area contributed by atoms with Crippen molar-refractivity contribution >= 4 is 5.57 Å². The van der Waals surface area contributed by atoms with Gasteiger partial charge in [0.05, 0.1) is 11.4 Å². The Morgan fingerprint density at radius 3 is 2.29 bits per heavy atom. The molecule has 0 aliphatic carbocycles. The number of allylic oxidation sites excluding steroid dienone is 2. The van der Waals surface area contributed by atoms with Gasteiger partial charge in [0, 0.05) is 30.7 Å². The number of hydrogen-bond donors (Lipinski definition) is 0. The van der Waals surface area contributed by atoms with Crippen LogP contribution in [0.1, 0.15) is 96.3 Å². The Hall–Kier alpha value is -2.00. The molecule has 3 heteroatoms. The van der Waals surface area contributed by atoms with Crippen LogP contribution in [-0.2, 0) is 11.2 Å². The second kappa shape index (κ2) is 14.1. The largest absolute Gasteiger partial charge is 0.384 e. The van der Waals surface area contributed by atoms with E-state index in [1.807, 2.05) is 0 Å². The van der Waals surface area contributed by atoms with Crippen LogP contribution in [0.5, 0.6) is 0 Å². The Balaban J connectivity index is 0.000000452. The molecule has 0 N–H and O–H groups in total. The minimum absolute atomic E-state index is 0.450. The van der Waals surface area contributed by atoms with Crippen LogP contribution in [0.25, 0.3) is 16.8 Å². The van der Waals surface area contributed by atoms with Gasteiger partial charge in [-0.05, 0) is 74.8 Å². The number of methoxy groups -OCH3 is 1. The van der Waals surface area contributed by atoms with Crippen molar-refractivity contribution in [2.24, 2.45) is 5.92 Å². The van der Waals surface area contributed by atoms with E-state index in [9.17, 15) is 0 Å². The van der Waals surface area contributed by atoms with Crippen molar-refractivity contribution in [1.29, 1.82) is 0 Å². The van der Waals surface area contributed by atoms with E-state index in [4.69, 9.17) is 14.7 Å². The topological polar surface area (TPSA) is 35.0 Å². The molecule has 0 aromatic carbocycles. The van der Waals surface area contributed by atoms with Crippen molar-refractivity contribution in [3.63, 3.8) is 0 Å². The molecule has 0 fully saturated rings. The maximum atomic E-state index is 5.05. The Bertz CT molecular complexity index is 818. The lowest BCUT2D eigenvalue weighted by Gasteiger charge is -2.13. The molecule has 0 aliphatic rings. The van der Waals surface area contributed by atoms with E-state index in [-0.39, 0.29) is 0 Å². The second-order valence-electron chi connectivity index (χ2n) is 8.59. The van der Waals surface area contributed by atoms with Gasteiger partial charge < -0.3 is 4.74 Å². The molecule has 1 atom stereocenters. The van der Waals surface area contributed by atoms with Crippen molar-refractivity contribution in [3.05, 3.63) is 53.0 Å². The summed E-state index contributed by atoms with van der Waals surface area (Å²) < 4.78 is 5.05. The summed E-state index contributed by atoms with van der Waals surface area (Å²) in [5, 5.41) is 0. The maximum Gasteiger partial charge on any atom is 0.0727 e. The molecule has 2 aromatic heterocycles. The van der Waals surface area contributed by atoms with Crippen molar-refractivity contribution in [3.8, 4) is 11.3 Å². The molecule has 0 spiro atoms. The van der Waals surface area contributed by atoms with Crippen molar-refractivity contribution in [2.75, 3.05) is 13.7 Å². The third kappa shape index (κ3) is 8.22. The molecule has 2 aromatic rings. The fourth-order valence-corrected chi connectivity index (χ4v) is 3.61. The third-order valence-corrected chi connectivity index (χ3v) is 5.78. The standard InChI is InChI=1S/C20H26N2.C8H18O/c1-7-14(5)20-15(6)9-11-19(22-20)16-10-12-18(13(3)4)21-17(16)8-2;1-4-6-8(5-2)7-9-3/h7,9-13H,8H2,1-6H3;8H,4-7H2,1-3H3/b14-7-;/t;8-/m.0/s1. The van der Waals surface area contributed by atoms with E-state index in [0.29, 0.717) is 5.92 Å². The summed E-state index contributed by atoms with van der Waals surface area (Å²) in [5.41, 5.74) is 7.95. The minimum atomic E-state index is 0.450. The predicted octanol–water partition coefficient (Wildman–Crippen LogP) is 8.02. The number of ether oxygens (including phenoxy) is 1. The number of aromatic nitrogens is 2. The number of aryl methyl sites for hydroxylation is 2. The summed E-state index contributed by atoms with van der Waals surface area (Å²) in [6, 6.07) is 8.56. The van der Waals surface area contributed by atoms with Crippen LogP contribution in [0, 0.1) is 12.8 Å². The zero-order valence-electron chi connectivity index (χ0n) is 21.4. The normalized spacial score (nSPS) is 12.5. The molecule has 3 nitrogen and oxygen atoms in total. The minimum Gasteiger partial charge on any atom is -0.384 e. The highest BCUT2D eigenvalue weighted by molar-refractivity contribution is 5.69. The molecule has 0 saturated heterocycles. The Labute approximate surface area is 191 Å². The summed E-state index contributed by atoms with van der Waals surface area (Å²) in [6.45, 7) is 18.2. The van der Waals surface area contributed by atoms with E-state index in [1.165, 1.54) is 30.4 Å². The number of nitrogens with zero attached hydrogens (tertiary/aromatic N) is 2. The van der Waals surface area contributed by atoms with Gasteiger partial charge in [0.2, 0.25) is 0 Å². The van der Waals surface area contributed by atoms with Crippen LogP contribution >= 0.6 is 0 Å². The second-order valence-corrected chi connectivity index (χ2v) is 8.59. The number of pyridine rings is 2. The molecular formula is C28H44N2O. The molecule has 0 bridgehead atoms. The fraction of sp³-hybridized carbons (Fsp3) is 0.571. The van der Waals surface area contributed by atoms with Crippen LogP contribution in [0.2, 0.25) is 0 Å². The Morgan fingerprint density at radius 2 is 1.77 bits per heavy atom. The van der Waals surface area contributed by atoms with Gasteiger partial charge in [-0.3, -0.25) is 4.98 Å². The highest BCUT2D eigenvalue weighted by Crippen LogP contribution is 2.26. The van der Waals surface area contributed by atoms with Crippen LogP contribution in [-0.4, -0.2) is 23.7 Å². The Kier molecular flexibility index (Phi) is 12.3. The summed E-state index contributed by atoms with van der Waals surface area (Å²) >= 11 is 0. The molecule has 2 rings (SSSR count). The highest BCUT2D eigenvalue weighted by Gasteiger charge is 2.12. The summed E-state index contributed by atoms with van der Waals surface area (Å²) in [6.07, 6.45) is 6.87. The monoisotopic (exact) mass is 424 g/mol. The molecule has 0 saturated carbocycles. The third-order valence-electron chi connectivity index (χ3n) is 5.78. The lowest BCUT2D eigenvalue weighted by Crippen LogP contribution is -2.05. The number of hydrogen-bond acceptors (Lipinski definition) is 3. The first-order chi connectivity index (χ1) is 14.8. The van der Waals surface area contributed by atoms with Gasteiger partial charge in [0.25, 0.3) is 0 Å². The van der Waals surface area contributed by atoms with E-state index >= 15 is 0 Å². The van der Waals surface area contributed by atoms with Crippen molar-refractivity contribution in [1.82, 2.24) is 9.97 Å². The molecule has 0 amide bonds. The van der Waals surface area contributed by atoms with E-state index < -0.39 is 0 Å². The lowest BCUT2D eigenvalue weighted by molar-refractivity contribution is 0.145. The van der Waals surface area contributed by atoms with Crippen molar-refractivity contribution < 1.29 is 4.74 Å². The molecule has 0 aliphatic heterocycles. The first-order valence-electron chi connectivity index (χ1n) is 11.9. The zero-order valence-corrected chi connectivity index (χ0v) is 21.4.